The first-order valence-electron chi connectivity index (χ1n) is 7.95. The number of benzene rings is 1. The van der Waals surface area contributed by atoms with E-state index in [0.717, 1.165) is 13.1 Å². The van der Waals surface area contributed by atoms with Crippen LogP contribution in [0, 0.1) is 11.3 Å². The molecule has 1 aliphatic rings. The number of hydrogen-bond acceptors (Lipinski definition) is 2. The van der Waals surface area contributed by atoms with Crippen molar-refractivity contribution in [3.63, 3.8) is 0 Å². The van der Waals surface area contributed by atoms with Gasteiger partial charge in [0.2, 0.25) is 0 Å². The molecule has 2 N–H and O–H groups in total. The lowest BCUT2D eigenvalue weighted by atomic mass is 9.83. The smallest absolute Gasteiger partial charge is 0.0401 e. The van der Waals surface area contributed by atoms with E-state index in [4.69, 9.17) is 5.73 Å². The fraction of sp³-hybridized carbons (Fsp3) is 0.667. The van der Waals surface area contributed by atoms with Crippen LogP contribution in [0.15, 0.2) is 24.3 Å². The molecule has 0 saturated carbocycles. The summed E-state index contributed by atoms with van der Waals surface area (Å²) in [5.41, 5.74) is 9.31. The molecule has 0 aromatic heterocycles. The average molecular weight is 274 g/mol. The summed E-state index contributed by atoms with van der Waals surface area (Å²) in [5, 5.41) is 0. The van der Waals surface area contributed by atoms with Gasteiger partial charge in [0.1, 0.15) is 0 Å². The molecule has 0 fully saturated rings. The van der Waals surface area contributed by atoms with Crippen LogP contribution in [0.25, 0.3) is 0 Å². The van der Waals surface area contributed by atoms with Crippen molar-refractivity contribution in [1.82, 2.24) is 0 Å². The van der Waals surface area contributed by atoms with E-state index in [1.165, 1.54) is 30.5 Å². The molecule has 1 aromatic rings. The van der Waals surface area contributed by atoms with Gasteiger partial charge in [0.05, 0.1) is 0 Å². The first-order chi connectivity index (χ1) is 9.40. The highest BCUT2D eigenvalue weighted by molar-refractivity contribution is 5.56. The van der Waals surface area contributed by atoms with Gasteiger partial charge in [-0.15, -0.1) is 0 Å². The predicted molar refractivity (Wildman–Crippen MR) is 88.2 cm³/mol. The molecule has 1 aromatic carbocycles. The van der Waals surface area contributed by atoms with Crippen molar-refractivity contribution in [3.8, 4) is 0 Å². The zero-order chi connectivity index (χ0) is 14.8. The molecule has 0 radical (unpaired) electrons. The van der Waals surface area contributed by atoms with E-state index in [9.17, 15) is 0 Å². The van der Waals surface area contributed by atoms with Gasteiger partial charge >= 0.3 is 0 Å². The number of nitrogens with two attached hydrogens (primary N) is 1. The molecule has 0 amide bonds. The van der Waals surface area contributed by atoms with Crippen LogP contribution in [-0.2, 0) is 6.42 Å². The molecule has 2 atom stereocenters. The van der Waals surface area contributed by atoms with E-state index in [0.29, 0.717) is 17.4 Å². The highest BCUT2D eigenvalue weighted by atomic mass is 15.2. The zero-order valence-electron chi connectivity index (χ0n) is 13.5. The van der Waals surface area contributed by atoms with Crippen molar-refractivity contribution in [1.29, 1.82) is 0 Å². The maximum absolute atomic E-state index is 6.04. The van der Waals surface area contributed by atoms with Crippen molar-refractivity contribution >= 4 is 5.69 Å². The molecular weight excluding hydrogens is 244 g/mol. The van der Waals surface area contributed by atoms with Crippen LogP contribution in [0.1, 0.15) is 46.1 Å². The molecule has 0 spiro atoms. The van der Waals surface area contributed by atoms with Gasteiger partial charge in [-0.05, 0) is 55.7 Å². The number of para-hydroxylation sites is 1. The topological polar surface area (TPSA) is 29.3 Å². The van der Waals surface area contributed by atoms with Crippen molar-refractivity contribution in [2.24, 2.45) is 17.1 Å². The van der Waals surface area contributed by atoms with Crippen molar-refractivity contribution in [2.75, 3.05) is 18.0 Å². The third-order valence-corrected chi connectivity index (χ3v) is 4.35. The monoisotopic (exact) mass is 274 g/mol. The quantitative estimate of drug-likeness (QED) is 0.904. The van der Waals surface area contributed by atoms with Crippen LogP contribution < -0.4 is 10.6 Å². The van der Waals surface area contributed by atoms with Gasteiger partial charge in [0.15, 0.2) is 0 Å². The summed E-state index contributed by atoms with van der Waals surface area (Å²) in [6, 6.07) is 9.48. The van der Waals surface area contributed by atoms with Crippen LogP contribution in [0.3, 0.4) is 0 Å². The molecule has 2 heteroatoms. The lowest BCUT2D eigenvalue weighted by Crippen LogP contribution is -2.42. The Kier molecular flexibility index (Phi) is 4.74. The molecule has 2 unspecified atom stereocenters. The molecule has 2 rings (SSSR count). The summed E-state index contributed by atoms with van der Waals surface area (Å²) in [5.74, 6) is 0.573. The minimum absolute atomic E-state index is 0.350. The fourth-order valence-electron chi connectivity index (χ4n) is 3.40. The molecule has 1 aliphatic heterocycles. The maximum atomic E-state index is 6.04. The highest BCUT2D eigenvalue weighted by Gasteiger charge is 2.26. The fourth-order valence-corrected chi connectivity index (χ4v) is 3.40. The lowest BCUT2D eigenvalue weighted by molar-refractivity contribution is 0.293. The third-order valence-electron chi connectivity index (χ3n) is 4.35. The summed E-state index contributed by atoms with van der Waals surface area (Å²) in [6.45, 7) is 11.1. The highest BCUT2D eigenvalue weighted by Crippen LogP contribution is 2.33. The largest absolute Gasteiger partial charge is 0.368 e. The van der Waals surface area contributed by atoms with Gasteiger partial charge in [-0.3, -0.25) is 0 Å². The minimum atomic E-state index is 0.350. The van der Waals surface area contributed by atoms with Gasteiger partial charge in [-0.25, -0.2) is 0 Å². The number of aryl methyl sites for hydroxylation is 1. The molecule has 0 bridgehead atoms. The summed E-state index contributed by atoms with van der Waals surface area (Å²) >= 11 is 0. The Labute approximate surface area is 124 Å². The van der Waals surface area contributed by atoms with Gasteiger partial charge in [0, 0.05) is 18.3 Å². The molecule has 0 aliphatic carbocycles. The number of fused-ring (bicyclic) bond motifs is 1. The Morgan fingerprint density at radius 1 is 1.30 bits per heavy atom. The van der Waals surface area contributed by atoms with Crippen molar-refractivity contribution in [3.05, 3.63) is 29.8 Å². The second-order valence-corrected chi connectivity index (χ2v) is 7.54. The standard InChI is InChI=1S/C18H30N2/c1-14-9-10-16-7-5-6-8-17(16)20(14)13-15(12-19)11-18(2,3)4/h5-8,14-15H,9-13,19H2,1-4H3. The van der Waals surface area contributed by atoms with E-state index in [-0.39, 0.29) is 0 Å². The summed E-state index contributed by atoms with van der Waals surface area (Å²) in [7, 11) is 0. The maximum Gasteiger partial charge on any atom is 0.0401 e. The predicted octanol–water partition coefficient (Wildman–Crippen LogP) is 3.84. The Morgan fingerprint density at radius 3 is 2.65 bits per heavy atom. The zero-order valence-corrected chi connectivity index (χ0v) is 13.5. The van der Waals surface area contributed by atoms with Crippen LogP contribution in [-0.4, -0.2) is 19.1 Å². The van der Waals surface area contributed by atoms with Gasteiger partial charge in [0.25, 0.3) is 0 Å². The first kappa shape index (κ1) is 15.4. The summed E-state index contributed by atoms with van der Waals surface area (Å²) in [6.07, 6.45) is 3.65. The van der Waals surface area contributed by atoms with E-state index in [2.05, 4.69) is 56.9 Å². The molecule has 0 saturated heterocycles. The molecule has 1 heterocycles. The third kappa shape index (κ3) is 3.76. The number of hydrogen-bond donors (Lipinski definition) is 1. The van der Waals surface area contributed by atoms with Crippen molar-refractivity contribution in [2.45, 2.75) is 53.0 Å². The number of rotatable bonds is 4. The lowest BCUT2D eigenvalue weighted by Gasteiger charge is -2.40. The van der Waals surface area contributed by atoms with Gasteiger partial charge in [-0.2, -0.15) is 0 Å². The molecule has 20 heavy (non-hydrogen) atoms. The van der Waals surface area contributed by atoms with Crippen LogP contribution >= 0.6 is 0 Å². The Balaban J connectivity index is 2.15. The Bertz CT molecular complexity index is 433. The first-order valence-corrected chi connectivity index (χ1v) is 7.95. The van der Waals surface area contributed by atoms with Gasteiger partial charge < -0.3 is 10.6 Å². The normalized spacial score (nSPS) is 20.6. The Hall–Kier alpha value is -1.02. The number of anilines is 1. The second-order valence-electron chi connectivity index (χ2n) is 7.54. The summed E-state index contributed by atoms with van der Waals surface area (Å²) < 4.78 is 0. The van der Waals surface area contributed by atoms with E-state index in [1.807, 2.05) is 0 Å². The van der Waals surface area contributed by atoms with Gasteiger partial charge in [-0.1, -0.05) is 39.0 Å². The molecule has 2 nitrogen and oxygen atoms in total. The van der Waals surface area contributed by atoms with E-state index < -0.39 is 0 Å². The Morgan fingerprint density at radius 2 is 2.00 bits per heavy atom. The van der Waals surface area contributed by atoms with Crippen LogP contribution in [0.5, 0.6) is 0 Å². The van der Waals surface area contributed by atoms with Crippen LogP contribution in [0.2, 0.25) is 0 Å². The van der Waals surface area contributed by atoms with E-state index in [1.54, 1.807) is 0 Å². The van der Waals surface area contributed by atoms with Crippen LogP contribution in [0.4, 0.5) is 5.69 Å². The summed E-state index contributed by atoms with van der Waals surface area (Å²) in [4.78, 5) is 2.59. The van der Waals surface area contributed by atoms with E-state index >= 15 is 0 Å². The SMILES string of the molecule is CC1CCc2ccccc2N1CC(CN)CC(C)(C)C. The average Bonchev–Trinajstić information content (AvgIpc) is 2.39. The van der Waals surface area contributed by atoms with Crippen molar-refractivity contribution < 1.29 is 0 Å². The number of nitrogens with zero attached hydrogens (tertiary/aromatic N) is 1. The second kappa shape index (κ2) is 6.17. The molecular formula is C18H30N2. The minimum Gasteiger partial charge on any atom is -0.368 e. The molecule has 112 valence electrons.